The lowest BCUT2D eigenvalue weighted by atomic mass is 10.3. The molecule has 0 amide bonds. The van der Waals surface area contributed by atoms with Gasteiger partial charge in [-0.1, -0.05) is 0 Å². The lowest BCUT2D eigenvalue weighted by molar-refractivity contribution is 0.433. The van der Waals surface area contributed by atoms with Crippen molar-refractivity contribution in [3.8, 4) is 0 Å². The van der Waals surface area contributed by atoms with Gasteiger partial charge in [0.05, 0.1) is 12.2 Å². The van der Waals surface area contributed by atoms with Gasteiger partial charge in [0.1, 0.15) is 5.82 Å². The van der Waals surface area contributed by atoms with Crippen LogP contribution in [0.2, 0.25) is 0 Å². The fraction of sp³-hybridized carbons (Fsp3) is 0.538. The maximum Gasteiger partial charge on any atom is 0.262 e. The predicted molar refractivity (Wildman–Crippen MR) is 77.3 cm³/mol. The third kappa shape index (κ3) is 2.49. The Balaban J connectivity index is 1.82. The molecule has 0 radical (unpaired) electrons. The summed E-state index contributed by atoms with van der Waals surface area (Å²) in [5.41, 5.74) is 1.08. The predicted octanol–water partition coefficient (Wildman–Crippen LogP) is 0.869. The minimum atomic E-state index is -3.51. The normalized spacial score (nSPS) is 20.2. The van der Waals surface area contributed by atoms with Gasteiger partial charge in [0.25, 0.3) is 10.0 Å². The first-order chi connectivity index (χ1) is 9.88. The monoisotopic (exact) mass is 309 g/mol. The minimum absolute atomic E-state index is 0.0956. The molecule has 0 spiro atoms. The molecule has 0 N–H and O–H groups in total. The van der Waals surface area contributed by atoms with E-state index in [0.29, 0.717) is 18.9 Å². The number of aryl methyl sites for hydroxylation is 3. The van der Waals surface area contributed by atoms with Gasteiger partial charge in [-0.3, -0.25) is 4.68 Å². The average molecular weight is 309 g/mol. The fourth-order valence-electron chi connectivity index (χ4n) is 2.56. The summed E-state index contributed by atoms with van der Waals surface area (Å²) in [7, 11) is -1.72. The van der Waals surface area contributed by atoms with E-state index >= 15 is 0 Å². The van der Waals surface area contributed by atoms with Gasteiger partial charge in [0.2, 0.25) is 0 Å². The van der Waals surface area contributed by atoms with Crippen LogP contribution in [0.3, 0.4) is 0 Å². The summed E-state index contributed by atoms with van der Waals surface area (Å²) in [6.07, 6.45) is 6.08. The van der Waals surface area contributed by atoms with Crippen molar-refractivity contribution in [2.45, 2.75) is 31.3 Å². The van der Waals surface area contributed by atoms with E-state index in [9.17, 15) is 8.42 Å². The molecule has 3 rings (SSSR count). The van der Waals surface area contributed by atoms with E-state index in [1.807, 2.05) is 17.8 Å². The Bertz CT molecular complexity index is 742. The zero-order valence-corrected chi connectivity index (χ0v) is 13.2. The van der Waals surface area contributed by atoms with E-state index in [1.54, 1.807) is 30.9 Å². The fourth-order valence-corrected chi connectivity index (χ4v) is 4.08. The van der Waals surface area contributed by atoms with Gasteiger partial charge in [-0.25, -0.2) is 13.4 Å². The van der Waals surface area contributed by atoms with E-state index in [1.165, 1.54) is 4.31 Å². The summed E-state index contributed by atoms with van der Waals surface area (Å²) in [5, 5.41) is 4.41. The molecule has 21 heavy (non-hydrogen) atoms. The maximum absolute atomic E-state index is 12.6. The third-order valence-electron chi connectivity index (χ3n) is 3.92. The lowest BCUT2D eigenvalue weighted by Crippen LogP contribution is -2.29. The van der Waals surface area contributed by atoms with Gasteiger partial charge < -0.3 is 4.57 Å². The first kappa shape index (κ1) is 14.3. The van der Waals surface area contributed by atoms with E-state index < -0.39 is 10.0 Å². The Morgan fingerprint density at radius 3 is 2.62 bits per heavy atom. The Kier molecular flexibility index (Phi) is 3.37. The molecule has 1 aliphatic heterocycles. The summed E-state index contributed by atoms with van der Waals surface area (Å²) >= 11 is 0. The van der Waals surface area contributed by atoms with Crippen molar-refractivity contribution >= 4 is 10.0 Å². The van der Waals surface area contributed by atoms with Crippen LogP contribution < -0.4 is 0 Å². The summed E-state index contributed by atoms with van der Waals surface area (Å²) in [4.78, 5) is 4.14. The summed E-state index contributed by atoms with van der Waals surface area (Å²) in [6.45, 7) is 4.71. The number of sulfonamides is 1. The molecular formula is C13H19N5O2S. The molecule has 7 nitrogen and oxygen atoms in total. The van der Waals surface area contributed by atoms with Crippen LogP contribution in [-0.2, 0) is 17.1 Å². The maximum atomic E-state index is 12.6. The van der Waals surface area contributed by atoms with Gasteiger partial charge >= 0.3 is 0 Å². The van der Waals surface area contributed by atoms with Crippen molar-refractivity contribution in [1.82, 2.24) is 23.6 Å². The smallest absolute Gasteiger partial charge is 0.262 e. The third-order valence-corrected chi connectivity index (χ3v) is 5.66. The topological polar surface area (TPSA) is 73.0 Å². The standard InChI is InChI=1S/C13H19N5O2S/c1-10-6-14-18(7-10)12-4-5-17(8-12)21(19,20)13-9-16(3)11(2)15-13/h6-7,9,12H,4-5,8H2,1-3H3. The number of nitrogens with zero attached hydrogens (tertiary/aromatic N) is 5. The molecular weight excluding hydrogens is 290 g/mol. The molecule has 1 fully saturated rings. The quantitative estimate of drug-likeness (QED) is 0.843. The highest BCUT2D eigenvalue weighted by Gasteiger charge is 2.35. The van der Waals surface area contributed by atoms with Crippen molar-refractivity contribution in [2.24, 2.45) is 7.05 Å². The highest BCUT2D eigenvalue weighted by atomic mass is 32.2. The Labute approximate surface area is 124 Å². The molecule has 1 atom stereocenters. The zero-order valence-electron chi connectivity index (χ0n) is 12.4. The number of hydrogen-bond acceptors (Lipinski definition) is 4. The van der Waals surface area contributed by atoms with Crippen LogP contribution in [0.15, 0.2) is 23.6 Å². The van der Waals surface area contributed by atoms with E-state index in [4.69, 9.17) is 0 Å². The highest BCUT2D eigenvalue weighted by molar-refractivity contribution is 7.89. The molecule has 0 bridgehead atoms. The number of rotatable bonds is 3. The summed E-state index contributed by atoms with van der Waals surface area (Å²) in [6, 6.07) is 0.0956. The Morgan fingerprint density at radius 1 is 1.29 bits per heavy atom. The van der Waals surface area contributed by atoms with Crippen LogP contribution in [-0.4, -0.2) is 45.1 Å². The van der Waals surface area contributed by atoms with Gasteiger partial charge in [-0.2, -0.15) is 9.40 Å². The van der Waals surface area contributed by atoms with Crippen molar-refractivity contribution < 1.29 is 8.42 Å². The summed E-state index contributed by atoms with van der Waals surface area (Å²) in [5.74, 6) is 0.687. The second kappa shape index (κ2) is 4.96. The van der Waals surface area contributed by atoms with Crippen LogP contribution in [0.25, 0.3) is 0 Å². The van der Waals surface area contributed by atoms with Crippen LogP contribution in [0.4, 0.5) is 0 Å². The molecule has 1 unspecified atom stereocenters. The zero-order chi connectivity index (χ0) is 15.2. The van der Waals surface area contributed by atoms with Crippen molar-refractivity contribution in [3.63, 3.8) is 0 Å². The molecule has 2 aromatic heterocycles. The first-order valence-corrected chi connectivity index (χ1v) is 8.33. The molecule has 3 heterocycles. The molecule has 0 aliphatic carbocycles. The number of hydrogen-bond donors (Lipinski definition) is 0. The molecule has 114 valence electrons. The van der Waals surface area contributed by atoms with Crippen LogP contribution in [0.1, 0.15) is 23.9 Å². The first-order valence-electron chi connectivity index (χ1n) is 6.89. The number of imidazole rings is 1. The second-order valence-electron chi connectivity index (χ2n) is 5.54. The molecule has 8 heteroatoms. The van der Waals surface area contributed by atoms with Crippen molar-refractivity contribution in [3.05, 3.63) is 30.0 Å². The Morgan fingerprint density at radius 2 is 2.05 bits per heavy atom. The SMILES string of the molecule is Cc1cnn(C2CCN(S(=O)(=O)c3cn(C)c(C)n3)C2)c1. The summed E-state index contributed by atoms with van der Waals surface area (Å²) < 4.78 is 30.3. The minimum Gasteiger partial charge on any atom is -0.337 e. The average Bonchev–Trinajstić information content (AvgIpc) is 3.11. The van der Waals surface area contributed by atoms with Crippen LogP contribution >= 0.6 is 0 Å². The number of aromatic nitrogens is 4. The highest BCUT2D eigenvalue weighted by Crippen LogP contribution is 2.26. The van der Waals surface area contributed by atoms with Gasteiger partial charge in [-0.15, -0.1) is 0 Å². The van der Waals surface area contributed by atoms with Crippen LogP contribution in [0.5, 0.6) is 0 Å². The molecule has 0 aromatic carbocycles. The van der Waals surface area contributed by atoms with Crippen LogP contribution in [0, 0.1) is 13.8 Å². The molecule has 1 saturated heterocycles. The van der Waals surface area contributed by atoms with Gasteiger partial charge in [-0.05, 0) is 25.8 Å². The second-order valence-corrected chi connectivity index (χ2v) is 7.43. The van der Waals surface area contributed by atoms with Crippen molar-refractivity contribution in [1.29, 1.82) is 0 Å². The largest absolute Gasteiger partial charge is 0.337 e. The van der Waals surface area contributed by atoms with Crippen molar-refractivity contribution in [2.75, 3.05) is 13.1 Å². The molecule has 0 saturated carbocycles. The van der Waals surface area contributed by atoms with E-state index in [0.717, 1.165) is 12.0 Å². The van der Waals surface area contributed by atoms with E-state index in [-0.39, 0.29) is 11.1 Å². The molecule has 1 aliphatic rings. The van der Waals surface area contributed by atoms with E-state index in [2.05, 4.69) is 10.1 Å². The lowest BCUT2D eigenvalue weighted by Gasteiger charge is -2.15. The van der Waals surface area contributed by atoms with Gasteiger partial charge in [0, 0.05) is 32.5 Å². The van der Waals surface area contributed by atoms with Gasteiger partial charge in [0.15, 0.2) is 5.03 Å². The molecule has 2 aromatic rings. The Hall–Kier alpha value is -1.67.